The molecule has 2 saturated heterocycles. The Hall–Kier alpha value is -5.64. The van der Waals surface area contributed by atoms with E-state index in [4.69, 9.17) is 14.5 Å². The number of carbonyl (C=O) groups is 3. The molecule has 16 heteroatoms. The van der Waals surface area contributed by atoms with Crippen LogP contribution in [-0.2, 0) is 16.1 Å². The first-order valence-corrected chi connectivity index (χ1v) is 18.0. The van der Waals surface area contributed by atoms with Gasteiger partial charge in [-0.05, 0) is 64.1 Å². The summed E-state index contributed by atoms with van der Waals surface area (Å²) in [5.74, 6) is -2.53. The maximum atomic E-state index is 14.2. The molecule has 0 unspecified atom stereocenters. The lowest BCUT2D eigenvalue weighted by Crippen LogP contribution is -2.54. The second-order valence-corrected chi connectivity index (χ2v) is 14.8. The molecule has 2 atom stereocenters. The highest BCUT2D eigenvalue weighted by Crippen LogP contribution is 2.37. The van der Waals surface area contributed by atoms with Crippen molar-refractivity contribution in [2.75, 3.05) is 66.7 Å². The molecule has 2 aromatic carbocycles. The summed E-state index contributed by atoms with van der Waals surface area (Å²) in [5.41, 5.74) is 1.62. The van der Waals surface area contributed by atoms with E-state index in [0.29, 0.717) is 10.9 Å². The van der Waals surface area contributed by atoms with Crippen molar-refractivity contribution in [1.82, 2.24) is 20.2 Å². The highest BCUT2D eigenvalue weighted by atomic mass is 19.4. The van der Waals surface area contributed by atoms with E-state index >= 15 is 0 Å². The number of fused-ring (bicyclic) bond motifs is 1. The largest absolute Gasteiger partial charge is 0.444 e. The minimum Gasteiger partial charge on any atom is -0.444 e. The number of nitrogens with one attached hydrogen (secondary N) is 3. The van der Waals surface area contributed by atoms with Crippen molar-refractivity contribution in [2.24, 2.45) is 5.92 Å². The molecular weight excluding hydrogens is 717 g/mol. The first-order chi connectivity index (χ1) is 26.1. The van der Waals surface area contributed by atoms with E-state index in [-0.39, 0.29) is 42.3 Å². The zero-order chi connectivity index (χ0) is 39.3. The molecule has 2 aromatic heterocycles. The van der Waals surface area contributed by atoms with E-state index in [1.807, 2.05) is 48.5 Å². The van der Waals surface area contributed by atoms with Gasteiger partial charge in [-0.15, -0.1) is 0 Å². The standard InChI is InChI=1S/C39H45F3N8O5/c1-38(2,3)55-37(53)44-28-19-27(39(40,41)42)22-50(23-28)33-12-13-43-21-32(33)46-35(51)34-31(47-36(52)54-24-25-8-6-5-7-9-25)18-26-10-11-29(20-30(26)45-34)49-16-14-48(4)15-17-49/h5-13,18,20-21,27-28H,14-17,19,22-24H2,1-4H3,(H,44,53)(H,46,51)(H,47,52)/t27-,28+/m1/s1. The monoisotopic (exact) mass is 762 g/mol. The van der Waals surface area contributed by atoms with Crippen molar-refractivity contribution in [1.29, 1.82) is 0 Å². The normalized spacial score (nSPS) is 18.1. The third kappa shape index (κ3) is 10.3. The molecule has 3 amide bonds. The van der Waals surface area contributed by atoms with Gasteiger partial charge in [0.1, 0.15) is 12.2 Å². The molecule has 0 spiro atoms. The lowest BCUT2D eigenvalue weighted by molar-refractivity contribution is -0.177. The van der Waals surface area contributed by atoms with Crippen molar-refractivity contribution < 1.29 is 37.0 Å². The van der Waals surface area contributed by atoms with Gasteiger partial charge in [0.05, 0.1) is 40.7 Å². The second kappa shape index (κ2) is 16.4. The first kappa shape index (κ1) is 39.1. The third-order valence-corrected chi connectivity index (χ3v) is 9.36. The van der Waals surface area contributed by atoms with Crippen LogP contribution >= 0.6 is 0 Å². The van der Waals surface area contributed by atoms with E-state index in [1.165, 1.54) is 23.4 Å². The van der Waals surface area contributed by atoms with Crippen LogP contribution in [0.4, 0.5) is 45.5 Å². The van der Waals surface area contributed by atoms with E-state index in [1.54, 1.807) is 26.8 Å². The SMILES string of the molecule is CN1CCN(c2ccc3cc(NC(=O)OCc4ccccc4)c(C(=O)Nc4cnccc4N4C[C@@H](NC(=O)OC(C)(C)C)C[C@@H](C(F)(F)F)C4)nc3c2)CC1. The van der Waals surface area contributed by atoms with E-state index in [0.717, 1.165) is 37.4 Å². The highest BCUT2D eigenvalue weighted by Gasteiger charge is 2.45. The van der Waals surface area contributed by atoms with Gasteiger partial charge in [-0.25, -0.2) is 14.6 Å². The highest BCUT2D eigenvalue weighted by molar-refractivity contribution is 6.11. The first-order valence-electron chi connectivity index (χ1n) is 18.0. The Kier molecular flexibility index (Phi) is 11.6. The predicted molar refractivity (Wildman–Crippen MR) is 203 cm³/mol. The van der Waals surface area contributed by atoms with Gasteiger partial charge in [0.15, 0.2) is 5.69 Å². The van der Waals surface area contributed by atoms with E-state index < -0.39 is 48.4 Å². The van der Waals surface area contributed by atoms with Crippen molar-refractivity contribution >= 4 is 51.7 Å². The number of benzene rings is 2. The molecular formula is C39H45F3N8O5. The Labute approximate surface area is 317 Å². The van der Waals surface area contributed by atoms with Crippen LogP contribution in [0, 0.1) is 5.92 Å². The number of alkyl halides is 3. The minimum atomic E-state index is -4.56. The van der Waals surface area contributed by atoms with E-state index in [2.05, 4.69) is 37.8 Å². The number of hydrogen-bond donors (Lipinski definition) is 3. The maximum Gasteiger partial charge on any atom is 0.412 e. The van der Waals surface area contributed by atoms with Gasteiger partial charge in [0.25, 0.3) is 5.91 Å². The molecule has 0 saturated carbocycles. The van der Waals surface area contributed by atoms with Gasteiger partial charge < -0.3 is 34.8 Å². The molecule has 0 radical (unpaired) electrons. The van der Waals surface area contributed by atoms with Gasteiger partial charge in [-0.2, -0.15) is 13.2 Å². The number of aromatic nitrogens is 2. The number of halogens is 3. The van der Waals surface area contributed by atoms with Crippen LogP contribution in [0.2, 0.25) is 0 Å². The Morgan fingerprint density at radius 3 is 2.33 bits per heavy atom. The van der Waals surface area contributed by atoms with Crippen LogP contribution in [-0.4, -0.2) is 97.1 Å². The fourth-order valence-electron chi connectivity index (χ4n) is 6.61. The van der Waals surface area contributed by atoms with Crippen LogP contribution in [0.1, 0.15) is 43.2 Å². The Morgan fingerprint density at radius 1 is 0.873 bits per heavy atom. The number of piperazine rings is 1. The molecule has 13 nitrogen and oxygen atoms in total. The van der Waals surface area contributed by atoms with Crippen LogP contribution < -0.4 is 25.8 Å². The van der Waals surface area contributed by atoms with Crippen LogP contribution in [0.15, 0.2) is 73.1 Å². The Bertz CT molecular complexity index is 2000. The smallest absolute Gasteiger partial charge is 0.412 e. The molecule has 6 rings (SSSR count). The number of alkyl carbamates (subject to hydrolysis) is 1. The second-order valence-electron chi connectivity index (χ2n) is 14.8. The summed E-state index contributed by atoms with van der Waals surface area (Å²) >= 11 is 0. The summed E-state index contributed by atoms with van der Waals surface area (Å²) in [6.45, 7) is 7.95. The van der Waals surface area contributed by atoms with Crippen molar-refractivity contribution in [2.45, 2.75) is 51.6 Å². The topological polar surface area (TPSA) is 141 Å². The predicted octanol–water partition coefficient (Wildman–Crippen LogP) is 6.66. The number of likely N-dealkylation sites (N-methyl/N-ethyl adjacent to an activating group) is 1. The summed E-state index contributed by atoms with van der Waals surface area (Å²) in [7, 11) is 2.07. The number of carbonyl (C=O) groups excluding carboxylic acids is 3. The molecule has 292 valence electrons. The summed E-state index contributed by atoms with van der Waals surface area (Å²) in [6.07, 6.45) is -3.82. The number of amides is 3. The fraction of sp³-hybridized carbons (Fsp3) is 0.410. The van der Waals surface area contributed by atoms with Crippen LogP contribution in [0.3, 0.4) is 0 Å². The molecule has 4 heterocycles. The molecule has 2 aliphatic rings. The van der Waals surface area contributed by atoms with Gasteiger partial charge >= 0.3 is 18.4 Å². The quantitative estimate of drug-likeness (QED) is 0.178. The summed E-state index contributed by atoms with van der Waals surface area (Å²) in [4.78, 5) is 54.6. The lowest BCUT2D eigenvalue weighted by Gasteiger charge is -2.40. The molecule has 4 aromatic rings. The van der Waals surface area contributed by atoms with Gasteiger partial charge in [0, 0.05) is 56.5 Å². The molecule has 3 N–H and O–H groups in total. The summed E-state index contributed by atoms with van der Waals surface area (Å²) in [6, 6.07) is 17.0. The van der Waals surface area contributed by atoms with Crippen molar-refractivity contribution in [3.63, 3.8) is 0 Å². The number of hydrogen-bond acceptors (Lipinski definition) is 10. The maximum absolute atomic E-state index is 14.2. The van der Waals surface area contributed by atoms with Crippen LogP contribution in [0.5, 0.6) is 0 Å². The Balaban J connectivity index is 1.29. The molecule has 0 bridgehead atoms. The van der Waals surface area contributed by atoms with E-state index in [9.17, 15) is 27.6 Å². The van der Waals surface area contributed by atoms with Crippen LogP contribution in [0.25, 0.3) is 10.9 Å². The average molecular weight is 763 g/mol. The number of rotatable bonds is 8. The zero-order valence-electron chi connectivity index (χ0n) is 31.2. The zero-order valence-corrected chi connectivity index (χ0v) is 31.2. The summed E-state index contributed by atoms with van der Waals surface area (Å²) < 4.78 is 53.4. The fourth-order valence-corrected chi connectivity index (χ4v) is 6.61. The summed E-state index contributed by atoms with van der Waals surface area (Å²) in [5, 5.41) is 8.68. The van der Waals surface area contributed by atoms with Crippen molar-refractivity contribution in [3.8, 4) is 0 Å². The molecule has 2 aliphatic heterocycles. The molecule has 2 fully saturated rings. The lowest BCUT2D eigenvalue weighted by atomic mass is 9.93. The van der Waals surface area contributed by atoms with Gasteiger partial charge in [-0.3, -0.25) is 15.1 Å². The minimum absolute atomic E-state index is 0.00204. The third-order valence-electron chi connectivity index (χ3n) is 9.36. The van der Waals surface area contributed by atoms with Gasteiger partial charge in [-0.1, -0.05) is 36.4 Å². The number of pyridine rings is 2. The average Bonchev–Trinajstić information content (AvgIpc) is 3.13. The van der Waals surface area contributed by atoms with Crippen molar-refractivity contribution in [3.05, 3.63) is 84.3 Å². The number of anilines is 4. The number of nitrogens with zero attached hydrogens (tertiary/aromatic N) is 5. The van der Waals surface area contributed by atoms with Gasteiger partial charge in [0.2, 0.25) is 0 Å². The molecule has 55 heavy (non-hydrogen) atoms. The Morgan fingerprint density at radius 2 is 1.62 bits per heavy atom. The molecule has 0 aliphatic carbocycles. The number of piperidine rings is 1. The number of ether oxygens (including phenoxy) is 2.